The number of pyridine rings is 1. The van der Waals surface area contributed by atoms with Crippen LogP contribution >= 0.6 is 23.8 Å². The monoisotopic (exact) mass is 444 g/mol. The number of aryl methyl sites for hydroxylation is 1. The smallest absolute Gasteiger partial charge is 0.174 e. The molecule has 1 aliphatic rings. The van der Waals surface area contributed by atoms with E-state index in [9.17, 15) is 0 Å². The average molecular weight is 445 g/mol. The predicted molar refractivity (Wildman–Crippen MR) is 130 cm³/mol. The van der Waals surface area contributed by atoms with Crippen LogP contribution in [0.1, 0.15) is 29.0 Å². The number of nitrogens with zero attached hydrogens (tertiary/aromatic N) is 3. The Hall–Kier alpha value is -3.15. The van der Waals surface area contributed by atoms with Gasteiger partial charge in [-0.25, -0.2) is 0 Å². The molecule has 0 radical (unpaired) electrons. The Morgan fingerprint density at radius 2 is 1.65 bits per heavy atom. The molecule has 1 N–H and O–H groups in total. The van der Waals surface area contributed by atoms with Gasteiger partial charge in [0.25, 0.3) is 0 Å². The molecular formula is C25H21ClN4S. The third-order valence-electron chi connectivity index (χ3n) is 5.60. The van der Waals surface area contributed by atoms with Crippen LogP contribution in [0, 0.1) is 6.92 Å². The van der Waals surface area contributed by atoms with Gasteiger partial charge in [-0.05, 0) is 79.8 Å². The molecular weight excluding hydrogens is 424 g/mol. The van der Waals surface area contributed by atoms with Gasteiger partial charge in [0.1, 0.15) is 6.04 Å². The van der Waals surface area contributed by atoms with Crippen LogP contribution in [0.4, 0.5) is 5.69 Å². The van der Waals surface area contributed by atoms with Gasteiger partial charge in [0.15, 0.2) is 5.11 Å². The first-order valence-corrected chi connectivity index (χ1v) is 10.9. The number of hydrogen-bond acceptors (Lipinski definition) is 2. The summed E-state index contributed by atoms with van der Waals surface area (Å²) < 4.78 is 2.22. The van der Waals surface area contributed by atoms with Gasteiger partial charge in [-0.15, -0.1) is 0 Å². The Balaban J connectivity index is 1.66. The van der Waals surface area contributed by atoms with Crippen molar-refractivity contribution >= 4 is 34.6 Å². The van der Waals surface area contributed by atoms with Gasteiger partial charge < -0.3 is 14.8 Å². The third kappa shape index (κ3) is 3.71. The first-order valence-electron chi connectivity index (χ1n) is 10.1. The van der Waals surface area contributed by atoms with Crippen LogP contribution in [0.15, 0.2) is 91.3 Å². The van der Waals surface area contributed by atoms with E-state index in [1.165, 1.54) is 5.56 Å². The molecule has 154 valence electrons. The van der Waals surface area contributed by atoms with Crippen molar-refractivity contribution in [2.24, 2.45) is 0 Å². The molecule has 2 aromatic carbocycles. The van der Waals surface area contributed by atoms with E-state index in [-0.39, 0.29) is 12.1 Å². The molecule has 2 unspecified atom stereocenters. The van der Waals surface area contributed by atoms with E-state index in [1.54, 1.807) is 0 Å². The molecule has 5 rings (SSSR count). The summed E-state index contributed by atoms with van der Waals surface area (Å²) in [6, 6.07) is 26.4. The Labute approximate surface area is 192 Å². The highest BCUT2D eigenvalue weighted by Crippen LogP contribution is 2.42. The van der Waals surface area contributed by atoms with E-state index >= 15 is 0 Å². The Bertz CT molecular complexity index is 1200. The van der Waals surface area contributed by atoms with Crippen LogP contribution in [-0.2, 0) is 0 Å². The molecule has 1 saturated heterocycles. The molecule has 2 aromatic heterocycles. The van der Waals surface area contributed by atoms with Gasteiger partial charge in [-0.3, -0.25) is 4.98 Å². The standard InChI is InChI=1S/C25H21ClN4S/c1-17-7-11-19(12-8-17)29-16-4-6-22(29)24-23(21-5-2-3-15-27-21)28-25(31)30(24)20-13-9-18(26)10-14-20/h2-16,23-24H,1H3,(H,28,31). The van der Waals surface area contributed by atoms with Gasteiger partial charge in [0, 0.05) is 34.5 Å². The van der Waals surface area contributed by atoms with Crippen molar-refractivity contribution in [1.82, 2.24) is 14.9 Å². The molecule has 0 bridgehead atoms. The lowest BCUT2D eigenvalue weighted by atomic mass is 10.0. The van der Waals surface area contributed by atoms with Crippen molar-refractivity contribution in [2.75, 3.05) is 4.90 Å². The maximum Gasteiger partial charge on any atom is 0.174 e. The first-order chi connectivity index (χ1) is 15.1. The third-order valence-corrected chi connectivity index (χ3v) is 6.16. The number of thiocarbonyl (C=S) groups is 1. The molecule has 4 aromatic rings. The van der Waals surface area contributed by atoms with Crippen LogP contribution in [0.25, 0.3) is 5.69 Å². The van der Waals surface area contributed by atoms with E-state index < -0.39 is 0 Å². The largest absolute Gasteiger partial charge is 0.351 e. The van der Waals surface area contributed by atoms with Gasteiger partial charge in [-0.1, -0.05) is 35.4 Å². The lowest BCUT2D eigenvalue weighted by Gasteiger charge is -2.29. The normalized spacial score (nSPS) is 18.3. The van der Waals surface area contributed by atoms with Gasteiger partial charge >= 0.3 is 0 Å². The number of rotatable bonds is 4. The molecule has 0 spiro atoms. The lowest BCUT2D eigenvalue weighted by molar-refractivity contribution is 0.549. The topological polar surface area (TPSA) is 33.1 Å². The van der Waals surface area contributed by atoms with E-state index in [1.807, 2.05) is 48.7 Å². The van der Waals surface area contributed by atoms with Crippen molar-refractivity contribution < 1.29 is 0 Å². The zero-order valence-electron chi connectivity index (χ0n) is 16.9. The fourth-order valence-corrected chi connectivity index (χ4v) is 4.58. The molecule has 31 heavy (non-hydrogen) atoms. The van der Waals surface area contributed by atoms with Crippen LogP contribution in [0.2, 0.25) is 5.02 Å². The minimum atomic E-state index is -0.0940. The fraction of sp³-hybridized carbons (Fsp3) is 0.120. The van der Waals surface area contributed by atoms with E-state index in [0.717, 1.165) is 22.8 Å². The second-order valence-electron chi connectivity index (χ2n) is 7.61. The fourth-order valence-electron chi connectivity index (χ4n) is 4.11. The number of hydrogen-bond donors (Lipinski definition) is 1. The summed E-state index contributed by atoms with van der Waals surface area (Å²) in [4.78, 5) is 6.79. The molecule has 0 amide bonds. The minimum Gasteiger partial charge on any atom is -0.351 e. The van der Waals surface area contributed by atoms with Gasteiger partial charge in [-0.2, -0.15) is 0 Å². The van der Waals surface area contributed by atoms with Crippen molar-refractivity contribution in [3.05, 3.63) is 113 Å². The Kier molecular flexibility index (Phi) is 5.22. The summed E-state index contributed by atoms with van der Waals surface area (Å²) in [5, 5.41) is 4.87. The lowest BCUT2D eigenvalue weighted by Crippen LogP contribution is -2.30. The summed E-state index contributed by atoms with van der Waals surface area (Å²) in [5.41, 5.74) is 5.40. The Morgan fingerprint density at radius 1 is 0.903 bits per heavy atom. The quantitative estimate of drug-likeness (QED) is 0.391. The van der Waals surface area contributed by atoms with E-state index in [4.69, 9.17) is 23.8 Å². The zero-order chi connectivity index (χ0) is 21.4. The van der Waals surface area contributed by atoms with Crippen LogP contribution < -0.4 is 10.2 Å². The van der Waals surface area contributed by atoms with Crippen molar-refractivity contribution in [3.63, 3.8) is 0 Å². The Morgan fingerprint density at radius 3 is 2.35 bits per heavy atom. The summed E-state index contributed by atoms with van der Waals surface area (Å²) in [7, 11) is 0. The number of anilines is 1. The number of halogens is 1. The maximum absolute atomic E-state index is 6.15. The molecule has 1 fully saturated rings. The van der Waals surface area contributed by atoms with Crippen LogP contribution in [0.3, 0.4) is 0 Å². The number of benzene rings is 2. The molecule has 0 saturated carbocycles. The summed E-state index contributed by atoms with van der Waals surface area (Å²) >= 11 is 12.0. The summed E-state index contributed by atoms with van der Waals surface area (Å²) in [6.07, 6.45) is 3.91. The molecule has 4 nitrogen and oxygen atoms in total. The maximum atomic E-state index is 6.15. The summed E-state index contributed by atoms with van der Waals surface area (Å²) in [6.45, 7) is 2.10. The number of aromatic nitrogens is 2. The minimum absolute atomic E-state index is 0.0834. The van der Waals surface area contributed by atoms with E-state index in [0.29, 0.717) is 10.1 Å². The van der Waals surface area contributed by atoms with E-state index in [2.05, 4.69) is 69.3 Å². The molecule has 0 aliphatic carbocycles. The second kappa shape index (κ2) is 8.17. The van der Waals surface area contributed by atoms with Crippen molar-refractivity contribution in [3.8, 4) is 5.69 Å². The van der Waals surface area contributed by atoms with Crippen molar-refractivity contribution in [1.29, 1.82) is 0 Å². The second-order valence-corrected chi connectivity index (χ2v) is 8.43. The average Bonchev–Trinajstić information content (AvgIpc) is 3.40. The van der Waals surface area contributed by atoms with Crippen LogP contribution in [-0.4, -0.2) is 14.7 Å². The molecule has 6 heteroatoms. The highest BCUT2D eigenvalue weighted by atomic mass is 35.5. The molecule has 2 atom stereocenters. The van der Waals surface area contributed by atoms with Crippen molar-refractivity contribution in [2.45, 2.75) is 19.0 Å². The van der Waals surface area contributed by atoms with Gasteiger partial charge in [0.05, 0.1) is 11.7 Å². The highest BCUT2D eigenvalue weighted by Gasteiger charge is 2.42. The zero-order valence-corrected chi connectivity index (χ0v) is 18.5. The van der Waals surface area contributed by atoms with Gasteiger partial charge in [0.2, 0.25) is 0 Å². The molecule has 3 heterocycles. The highest BCUT2D eigenvalue weighted by molar-refractivity contribution is 7.80. The molecule has 1 aliphatic heterocycles. The summed E-state index contributed by atoms with van der Waals surface area (Å²) in [5.74, 6) is 0. The predicted octanol–water partition coefficient (Wildman–Crippen LogP) is 6.01. The SMILES string of the molecule is Cc1ccc(-n2cccc2C2C(c3ccccn3)NC(=S)N2c2ccc(Cl)cc2)cc1. The van der Waals surface area contributed by atoms with Crippen LogP contribution in [0.5, 0.6) is 0 Å². The first kappa shape index (κ1) is 19.8. The number of nitrogens with one attached hydrogen (secondary N) is 1.